The van der Waals surface area contributed by atoms with Gasteiger partial charge in [0.25, 0.3) is 5.91 Å². The topological polar surface area (TPSA) is 115 Å². The number of anilines is 1. The van der Waals surface area contributed by atoms with Crippen molar-refractivity contribution in [2.75, 3.05) is 5.32 Å². The first-order chi connectivity index (χ1) is 17.0. The Morgan fingerprint density at radius 1 is 0.914 bits per heavy atom. The molecule has 5 aromatic rings. The molecule has 172 valence electrons. The number of phenolic OH excluding ortho intramolecular Hbond substituents is 1. The van der Waals surface area contributed by atoms with Crippen molar-refractivity contribution in [2.24, 2.45) is 4.99 Å². The summed E-state index contributed by atoms with van der Waals surface area (Å²) in [6.07, 6.45) is 1.50. The third-order valence-corrected chi connectivity index (χ3v) is 6.25. The fourth-order valence-corrected chi connectivity index (χ4v) is 4.31. The van der Waals surface area contributed by atoms with Crippen LogP contribution in [-0.4, -0.2) is 33.1 Å². The molecule has 0 fully saturated rings. The van der Waals surface area contributed by atoms with Crippen LogP contribution in [0.1, 0.15) is 31.2 Å². The number of ketones is 1. The van der Waals surface area contributed by atoms with Crippen molar-refractivity contribution in [3.8, 4) is 11.6 Å². The van der Waals surface area contributed by atoms with Gasteiger partial charge in [0.15, 0.2) is 11.7 Å². The van der Waals surface area contributed by atoms with Gasteiger partial charge in [0.1, 0.15) is 5.75 Å². The van der Waals surface area contributed by atoms with Crippen molar-refractivity contribution in [1.29, 1.82) is 0 Å². The number of aromatic hydroxyl groups is 2. The number of rotatable bonds is 6. The van der Waals surface area contributed by atoms with Crippen LogP contribution in [0.5, 0.6) is 11.6 Å². The molecule has 0 bridgehead atoms. The first-order valence-corrected chi connectivity index (χ1v) is 11.5. The summed E-state index contributed by atoms with van der Waals surface area (Å²) in [6, 6.07) is 21.9. The molecule has 0 atom stereocenters. The SMILES string of the molecule is O=C(c1cccc(NC(=O)c2cccs2)c1)c1ccc2c(C=Nc3cccc(O)c3)c(O)[nH]c2c1. The van der Waals surface area contributed by atoms with Gasteiger partial charge in [-0.05, 0) is 41.8 Å². The number of thiophene rings is 1. The molecule has 0 saturated carbocycles. The second-order valence-electron chi connectivity index (χ2n) is 7.77. The average Bonchev–Trinajstić information content (AvgIpc) is 3.50. The van der Waals surface area contributed by atoms with E-state index in [1.807, 2.05) is 5.38 Å². The molecule has 5 rings (SSSR count). The molecule has 1 amide bonds. The highest BCUT2D eigenvalue weighted by Gasteiger charge is 2.15. The van der Waals surface area contributed by atoms with Crippen molar-refractivity contribution in [1.82, 2.24) is 4.98 Å². The monoisotopic (exact) mass is 481 g/mol. The Bertz CT molecular complexity index is 1590. The Morgan fingerprint density at radius 2 is 1.74 bits per heavy atom. The maximum absolute atomic E-state index is 13.2. The molecule has 0 saturated heterocycles. The van der Waals surface area contributed by atoms with Crippen LogP contribution in [0.15, 0.2) is 89.2 Å². The third-order valence-electron chi connectivity index (χ3n) is 5.38. The Kier molecular flexibility index (Phi) is 5.87. The number of aromatic amines is 1. The number of carbonyl (C=O) groups is 2. The molecule has 0 radical (unpaired) electrons. The number of aromatic nitrogens is 1. The van der Waals surface area contributed by atoms with E-state index in [0.29, 0.717) is 43.8 Å². The summed E-state index contributed by atoms with van der Waals surface area (Å²) in [7, 11) is 0. The lowest BCUT2D eigenvalue weighted by Crippen LogP contribution is -2.11. The van der Waals surface area contributed by atoms with Crippen molar-refractivity contribution >= 4 is 51.5 Å². The van der Waals surface area contributed by atoms with Crippen LogP contribution < -0.4 is 5.32 Å². The number of nitrogens with zero attached hydrogens (tertiary/aromatic N) is 1. The Hall–Kier alpha value is -4.69. The second kappa shape index (κ2) is 9.28. The molecular weight excluding hydrogens is 462 g/mol. The number of benzene rings is 3. The highest BCUT2D eigenvalue weighted by molar-refractivity contribution is 7.12. The highest BCUT2D eigenvalue weighted by atomic mass is 32.1. The van der Waals surface area contributed by atoms with Crippen LogP contribution in [0.4, 0.5) is 11.4 Å². The van der Waals surface area contributed by atoms with Crippen LogP contribution in [0.2, 0.25) is 0 Å². The standard InChI is InChI=1S/C27H19N3O4S/c31-20-7-2-5-18(14-20)28-15-22-21-10-9-17(13-23(21)30-26(22)33)25(32)16-4-1-6-19(12-16)29-27(34)24-8-3-11-35-24/h1-15,30-31,33H,(H,29,34). The summed E-state index contributed by atoms with van der Waals surface area (Å²) in [5.74, 6) is -0.427. The van der Waals surface area contributed by atoms with E-state index in [1.165, 1.54) is 23.6 Å². The fraction of sp³-hybridized carbons (Fsp3) is 0. The first-order valence-electron chi connectivity index (χ1n) is 10.7. The van der Waals surface area contributed by atoms with E-state index >= 15 is 0 Å². The van der Waals surface area contributed by atoms with Gasteiger partial charge in [-0.15, -0.1) is 11.3 Å². The van der Waals surface area contributed by atoms with Crippen LogP contribution in [-0.2, 0) is 0 Å². The molecule has 0 spiro atoms. The van der Waals surface area contributed by atoms with Gasteiger partial charge < -0.3 is 20.5 Å². The van der Waals surface area contributed by atoms with E-state index in [4.69, 9.17) is 0 Å². The van der Waals surface area contributed by atoms with Gasteiger partial charge in [0.2, 0.25) is 0 Å². The molecule has 7 nitrogen and oxygen atoms in total. The normalized spacial score (nSPS) is 11.2. The van der Waals surface area contributed by atoms with E-state index < -0.39 is 0 Å². The number of amides is 1. The largest absolute Gasteiger partial charge is 0.508 e. The van der Waals surface area contributed by atoms with Gasteiger partial charge >= 0.3 is 0 Å². The molecular formula is C27H19N3O4S. The minimum Gasteiger partial charge on any atom is -0.508 e. The number of aliphatic imine (C=N–C) groups is 1. The van der Waals surface area contributed by atoms with E-state index in [-0.39, 0.29) is 23.3 Å². The van der Waals surface area contributed by atoms with Gasteiger partial charge in [-0.3, -0.25) is 14.6 Å². The molecule has 35 heavy (non-hydrogen) atoms. The number of nitrogens with one attached hydrogen (secondary N) is 2. The summed E-state index contributed by atoms with van der Waals surface area (Å²) < 4.78 is 0. The minimum absolute atomic E-state index is 0.0770. The number of fused-ring (bicyclic) bond motifs is 1. The lowest BCUT2D eigenvalue weighted by atomic mass is 10.0. The van der Waals surface area contributed by atoms with Crippen molar-refractivity contribution in [2.45, 2.75) is 0 Å². The van der Waals surface area contributed by atoms with Crippen molar-refractivity contribution < 1.29 is 19.8 Å². The molecule has 0 aliphatic rings. The van der Waals surface area contributed by atoms with Gasteiger partial charge in [-0.25, -0.2) is 0 Å². The molecule has 0 unspecified atom stereocenters. The number of hydrogen-bond donors (Lipinski definition) is 4. The molecule has 2 aromatic heterocycles. The molecule has 0 aliphatic heterocycles. The predicted molar refractivity (Wildman–Crippen MR) is 137 cm³/mol. The van der Waals surface area contributed by atoms with Crippen LogP contribution in [0.3, 0.4) is 0 Å². The van der Waals surface area contributed by atoms with Gasteiger partial charge in [0.05, 0.1) is 16.1 Å². The number of carbonyl (C=O) groups excluding carboxylic acids is 2. The third kappa shape index (κ3) is 4.68. The molecule has 3 aromatic carbocycles. The molecule has 2 heterocycles. The lowest BCUT2D eigenvalue weighted by Gasteiger charge is -2.07. The molecule has 8 heteroatoms. The first kappa shape index (κ1) is 22.1. The minimum atomic E-state index is -0.229. The lowest BCUT2D eigenvalue weighted by molar-refractivity contribution is 0.102. The highest BCUT2D eigenvalue weighted by Crippen LogP contribution is 2.28. The van der Waals surface area contributed by atoms with Gasteiger partial charge in [-0.2, -0.15) is 0 Å². The molecule has 4 N–H and O–H groups in total. The Balaban J connectivity index is 1.40. The number of phenols is 1. The second-order valence-corrected chi connectivity index (χ2v) is 8.71. The van der Waals surface area contributed by atoms with E-state index in [1.54, 1.807) is 72.8 Å². The quantitative estimate of drug-likeness (QED) is 0.179. The van der Waals surface area contributed by atoms with Gasteiger partial charge in [0, 0.05) is 40.0 Å². The zero-order valence-electron chi connectivity index (χ0n) is 18.2. The van der Waals surface area contributed by atoms with Crippen LogP contribution >= 0.6 is 11.3 Å². The number of hydrogen-bond acceptors (Lipinski definition) is 6. The van der Waals surface area contributed by atoms with E-state index in [2.05, 4.69) is 15.3 Å². The van der Waals surface area contributed by atoms with E-state index in [9.17, 15) is 19.8 Å². The van der Waals surface area contributed by atoms with Crippen LogP contribution in [0.25, 0.3) is 10.9 Å². The fourth-order valence-electron chi connectivity index (χ4n) is 3.69. The summed E-state index contributed by atoms with van der Waals surface area (Å²) in [4.78, 5) is 33.3. The van der Waals surface area contributed by atoms with Crippen LogP contribution in [0, 0.1) is 0 Å². The average molecular weight is 482 g/mol. The Labute approximate surface area is 204 Å². The van der Waals surface area contributed by atoms with Crippen molar-refractivity contribution in [3.63, 3.8) is 0 Å². The maximum atomic E-state index is 13.2. The molecule has 0 aliphatic carbocycles. The van der Waals surface area contributed by atoms with Crippen molar-refractivity contribution in [3.05, 3.63) is 106 Å². The summed E-state index contributed by atoms with van der Waals surface area (Å²) in [5.41, 5.74) is 2.97. The zero-order valence-corrected chi connectivity index (χ0v) is 19.0. The number of H-pyrrole nitrogens is 1. The maximum Gasteiger partial charge on any atom is 0.265 e. The Morgan fingerprint density at radius 3 is 2.54 bits per heavy atom. The smallest absolute Gasteiger partial charge is 0.265 e. The summed E-state index contributed by atoms with van der Waals surface area (Å²) in [5, 5.41) is 25.3. The van der Waals surface area contributed by atoms with Gasteiger partial charge in [-0.1, -0.05) is 36.4 Å². The predicted octanol–water partition coefficient (Wildman–Crippen LogP) is 5.87. The zero-order chi connectivity index (χ0) is 24.4. The van der Waals surface area contributed by atoms with E-state index in [0.717, 1.165) is 0 Å². The summed E-state index contributed by atoms with van der Waals surface area (Å²) >= 11 is 1.34. The summed E-state index contributed by atoms with van der Waals surface area (Å²) in [6.45, 7) is 0.